The largest absolute Gasteiger partial charge is 0.386 e. The van der Waals surface area contributed by atoms with Crippen molar-refractivity contribution < 1.29 is 18.8 Å². The Morgan fingerprint density at radius 1 is 1.19 bits per heavy atom. The number of carbonyl (C=O) groups excluding carboxylic acids is 1. The van der Waals surface area contributed by atoms with Gasteiger partial charge in [0.2, 0.25) is 0 Å². The quantitative estimate of drug-likeness (QED) is 0.314. The summed E-state index contributed by atoms with van der Waals surface area (Å²) >= 11 is 6.59. The van der Waals surface area contributed by atoms with Crippen molar-refractivity contribution in [1.82, 2.24) is 25.1 Å². The van der Waals surface area contributed by atoms with Gasteiger partial charge in [0.25, 0.3) is 5.91 Å². The van der Waals surface area contributed by atoms with Crippen molar-refractivity contribution in [1.29, 1.82) is 0 Å². The van der Waals surface area contributed by atoms with E-state index in [-0.39, 0.29) is 24.7 Å². The van der Waals surface area contributed by atoms with Crippen molar-refractivity contribution in [3.8, 4) is 16.9 Å². The van der Waals surface area contributed by atoms with Crippen LogP contribution in [0.1, 0.15) is 35.2 Å². The fraction of sp³-hybridized carbons (Fsp3) is 0.280. The van der Waals surface area contributed by atoms with Crippen molar-refractivity contribution in [2.45, 2.75) is 31.8 Å². The molecule has 0 aliphatic carbocycles. The number of amides is 1. The number of carbonyl (C=O) groups is 1. The first-order valence-corrected chi connectivity index (χ1v) is 13.0. The molecule has 3 heterocycles. The maximum absolute atomic E-state index is 14.4. The van der Waals surface area contributed by atoms with Gasteiger partial charge in [-0.1, -0.05) is 51.4 Å². The molecule has 0 radical (unpaired) electrons. The molecule has 0 spiro atoms. The van der Waals surface area contributed by atoms with Crippen molar-refractivity contribution >= 4 is 37.8 Å². The maximum Gasteiger partial charge on any atom is 0.259 e. The highest BCUT2D eigenvalue weighted by Gasteiger charge is 2.45. The second kappa shape index (κ2) is 9.87. The van der Waals surface area contributed by atoms with Crippen LogP contribution in [0.2, 0.25) is 0 Å². The smallest absolute Gasteiger partial charge is 0.259 e. The number of likely N-dealkylation sites (tertiary alicyclic amines) is 1. The molecule has 4 aromatic rings. The first-order chi connectivity index (χ1) is 17.3. The third kappa shape index (κ3) is 4.74. The lowest BCUT2D eigenvalue weighted by atomic mass is 9.87. The molecule has 8 nitrogen and oxygen atoms in total. The normalized spacial score (nSPS) is 14.6. The van der Waals surface area contributed by atoms with Crippen molar-refractivity contribution in [2.24, 2.45) is 0 Å². The van der Waals surface area contributed by atoms with Gasteiger partial charge in [0, 0.05) is 16.5 Å². The van der Waals surface area contributed by atoms with Crippen LogP contribution in [0.5, 0.6) is 0 Å². The van der Waals surface area contributed by atoms with Gasteiger partial charge in [0.1, 0.15) is 28.3 Å². The van der Waals surface area contributed by atoms with E-state index in [1.165, 1.54) is 4.68 Å². The number of rotatable bonds is 7. The molecule has 5 rings (SSSR count). The SMILES string of the molecule is CCc1onc(-c2ccc(Br)cc2)c1C(=O)N1CC(O)(CCc2cn(-c3cccc(Br)c3F)nn2)C1. The summed E-state index contributed by atoms with van der Waals surface area (Å²) in [6.07, 6.45) is 2.99. The lowest BCUT2D eigenvalue weighted by Crippen LogP contribution is -2.63. The second-order valence-corrected chi connectivity index (χ2v) is 10.6. The molecule has 0 saturated carbocycles. The number of β-amino-alcohol motifs (C(OH)–C–C–N with tert-alkyl or cyclic N) is 1. The molecule has 11 heteroatoms. The molecule has 1 aliphatic rings. The van der Waals surface area contributed by atoms with Gasteiger partial charge >= 0.3 is 0 Å². The highest BCUT2D eigenvalue weighted by atomic mass is 79.9. The van der Waals surface area contributed by atoms with Gasteiger partial charge in [0.05, 0.1) is 29.5 Å². The Hall–Kier alpha value is -2.89. The van der Waals surface area contributed by atoms with Crippen LogP contribution < -0.4 is 0 Å². The second-order valence-electron chi connectivity index (χ2n) is 8.80. The van der Waals surface area contributed by atoms with E-state index in [2.05, 4.69) is 47.3 Å². The zero-order valence-corrected chi connectivity index (χ0v) is 22.5. The molecule has 1 fully saturated rings. The number of aryl methyl sites for hydroxylation is 2. The van der Waals surface area contributed by atoms with Gasteiger partial charge in [-0.2, -0.15) is 0 Å². The number of aromatic nitrogens is 4. The van der Waals surface area contributed by atoms with Crippen LogP contribution >= 0.6 is 31.9 Å². The minimum atomic E-state index is -1.04. The van der Waals surface area contributed by atoms with Gasteiger partial charge in [-0.25, -0.2) is 9.07 Å². The molecular weight excluding hydrogens is 597 g/mol. The predicted octanol–water partition coefficient (Wildman–Crippen LogP) is 4.97. The molecule has 1 N–H and O–H groups in total. The summed E-state index contributed by atoms with van der Waals surface area (Å²) in [7, 11) is 0. The highest BCUT2D eigenvalue weighted by molar-refractivity contribution is 9.10. The molecule has 1 aliphatic heterocycles. The van der Waals surface area contributed by atoms with Crippen molar-refractivity contribution in [3.63, 3.8) is 0 Å². The van der Waals surface area contributed by atoms with Crippen LogP contribution in [-0.4, -0.2) is 54.8 Å². The first kappa shape index (κ1) is 24.8. The van der Waals surface area contributed by atoms with E-state index in [0.717, 1.165) is 10.0 Å². The standard InChI is InChI=1S/C25H22Br2FN5O3/c1-2-20-21(23(30-36-20)15-6-8-16(26)9-7-15)24(34)32-13-25(35,14-32)11-10-17-12-33(31-29-17)19-5-3-4-18(27)22(19)28/h3-9,12,35H,2,10-11,13-14H2,1H3. The summed E-state index contributed by atoms with van der Waals surface area (Å²) in [5.74, 6) is -0.125. The molecule has 0 unspecified atom stereocenters. The third-order valence-corrected chi connectivity index (χ3v) is 7.38. The van der Waals surface area contributed by atoms with E-state index < -0.39 is 11.4 Å². The van der Waals surface area contributed by atoms with Crippen LogP contribution in [0.4, 0.5) is 4.39 Å². The molecule has 1 saturated heterocycles. The summed E-state index contributed by atoms with van der Waals surface area (Å²) in [4.78, 5) is 15.0. The van der Waals surface area contributed by atoms with Crippen molar-refractivity contribution in [3.05, 3.63) is 80.4 Å². The van der Waals surface area contributed by atoms with E-state index in [1.54, 1.807) is 29.3 Å². The number of hydrogen-bond donors (Lipinski definition) is 1. The average Bonchev–Trinajstić information content (AvgIpc) is 3.50. The monoisotopic (exact) mass is 617 g/mol. The van der Waals surface area contributed by atoms with E-state index in [1.807, 2.05) is 31.2 Å². The zero-order chi connectivity index (χ0) is 25.4. The van der Waals surface area contributed by atoms with E-state index in [9.17, 15) is 14.3 Å². The molecular formula is C25H22Br2FN5O3. The van der Waals surface area contributed by atoms with Crippen LogP contribution in [0.15, 0.2) is 62.1 Å². The number of benzene rings is 2. The summed E-state index contributed by atoms with van der Waals surface area (Å²) in [6, 6.07) is 12.4. The number of halogens is 3. The molecule has 36 heavy (non-hydrogen) atoms. The molecule has 186 valence electrons. The van der Waals surface area contributed by atoms with Crippen molar-refractivity contribution in [2.75, 3.05) is 13.1 Å². The zero-order valence-electron chi connectivity index (χ0n) is 19.3. The Balaban J connectivity index is 1.25. The summed E-state index contributed by atoms with van der Waals surface area (Å²) < 4.78 is 22.5. The first-order valence-electron chi connectivity index (χ1n) is 11.4. The van der Waals surface area contributed by atoms with E-state index >= 15 is 0 Å². The number of aliphatic hydroxyl groups is 1. The molecule has 2 aromatic heterocycles. The van der Waals surface area contributed by atoms with Gasteiger partial charge in [-0.3, -0.25) is 4.79 Å². The van der Waals surface area contributed by atoms with Crippen LogP contribution in [0.3, 0.4) is 0 Å². The van der Waals surface area contributed by atoms with Gasteiger partial charge in [-0.05, 0) is 53.0 Å². The summed E-state index contributed by atoms with van der Waals surface area (Å²) in [5, 5.41) is 23.3. The molecule has 0 bridgehead atoms. The summed E-state index contributed by atoms with van der Waals surface area (Å²) in [5.41, 5.74) is 1.58. The fourth-order valence-corrected chi connectivity index (χ4v) is 4.90. The van der Waals surface area contributed by atoms with Crippen LogP contribution in [-0.2, 0) is 12.8 Å². The minimum absolute atomic E-state index is 0.189. The lowest BCUT2D eigenvalue weighted by Gasteiger charge is -2.46. The Bertz CT molecular complexity index is 1410. The number of nitrogens with zero attached hydrogens (tertiary/aromatic N) is 5. The summed E-state index contributed by atoms with van der Waals surface area (Å²) in [6.45, 7) is 2.28. The van der Waals surface area contributed by atoms with Gasteiger partial charge in [0.15, 0.2) is 5.82 Å². The highest BCUT2D eigenvalue weighted by Crippen LogP contribution is 2.33. The fourth-order valence-electron chi connectivity index (χ4n) is 4.28. The minimum Gasteiger partial charge on any atom is -0.386 e. The molecule has 1 amide bonds. The molecule has 2 aromatic carbocycles. The van der Waals surface area contributed by atoms with E-state index in [4.69, 9.17) is 4.52 Å². The predicted molar refractivity (Wildman–Crippen MR) is 137 cm³/mol. The van der Waals surface area contributed by atoms with Crippen LogP contribution in [0, 0.1) is 5.82 Å². The average molecular weight is 619 g/mol. The Labute approximate surface area is 223 Å². The van der Waals surface area contributed by atoms with E-state index in [0.29, 0.717) is 46.4 Å². The molecule has 0 atom stereocenters. The van der Waals surface area contributed by atoms with Gasteiger partial charge in [-0.15, -0.1) is 5.10 Å². The van der Waals surface area contributed by atoms with Crippen LogP contribution in [0.25, 0.3) is 16.9 Å². The third-order valence-electron chi connectivity index (χ3n) is 6.24. The Morgan fingerprint density at radius 3 is 2.67 bits per heavy atom. The number of hydrogen-bond acceptors (Lipinski definition) is 6. The Kier molecular flexibility index (Phi) is 6.80. The Morgan fingerprint density at radius 2 is 1.94 bits per heavy atom. The maximum atomic E-state index is 14.4. The van der Waals surface area contributed by atoms with Gasteiger partial charge < -0.3 is 14.5 Å². The lowest BCUT2D eigenvalue weighted by molar-refractivity contribution is -0.0855. The topological polar surface area (TPSA) is 97.3 Å².